The van der Waals surface area contributed by atoms with E-state index in [1.165, 1.54) is 71.0 Å². The van der Waals surface area contributed by atoms with E-state index in [4.69, 9.17) is 0 Å². The normalized spacial score (nSPS) is 12.1. The molecule has 0 fully saturated rings. The zero-order valence-corrected chi connectivity index (χ0v) is 19.7. The van der Waals surface area contributed by atoms with Gasteiger partial charge in [-0.05, 0) is 12.8 Å². The van der Waals surface area contributed by atoms with Gasteiger partial charge in [0.25, 0.3) is 5.91 Å². The van der Waals surface area contributed by atoms with Crippen LogP contribution in [0.25, 0.3) is 0 Å². The van der Waals surface area contributed by atoms with Crippen LogP contribution in [0.4, 0.5) is 0 Å². The fraction of sp³-hybridized carbons (Fsp3) is 0.800. The number of nitrogens with one attached hydrogen (secondary N) is 1. The molecule has 1 atom stereocenters. The molecule has 0 unspecified atom stereocenters. The molecular weight excluding hydrogens is 378 g/mol. The van der Waals surface area contributed by atoms with Crippen molar-refractivity contribution in [1.82, 2.24) is 5.32 Å². The van der Waals surface area contributed by atoms with Gasteiger partial charge < -0.3 is 10.1 Å². The molecule has 0 aliphatic rings. The van der Waals surface area contributed by atoms with E-state index in [1.54, 1.807) is 6.08 Å². The van der Waals surface area contributed by atoms with E-state index in [2.05, 4.69) is 23.9 Å². The number of amides is 1. The molecule has 5 heteroatoms. The van der Waals surface area contributed by atoms with E-state index in [-0.39, 0.29) is 11.8 Å². The fourth-order valence-electron chi connectivity index (χ4n) is 3.39. The van der Waals surface area contributed by atoms with Crippen LogP contribution in [-0.2, 0) is 19.1 Å². The third kappa shape index (κ3) is 17.2. The van der Waals surface area contributed by atoms with Crippen LogP contribution in [0.2, 0.25) is 0 Å². The van der Waals surface area contributed by atoms with Crippen molar-refractivity contribution < 1.29 is 19.1 Å². The Kier molecular flexibility index (Phi) is 19.5. The highest BCUT2D eigenvalue weighted by molar-refractivity contribution is 6.36. The molecule has 0 rings (SSSR count). The van der Waals surface area contributed by atoms with Crippen molar-refractivity contribution in [2.45, 2.75) is 123 Å². The number of carbonyl (C=O) groups is 3. The number of methoxy groups -OCH3 is 1. The summed E-state index contributed by atoms with van der Waals surface area (Å²) in [7, 11) is 1.31. The average Bonchev–Trinajstić information content (AvgIpc) is 2.75. The number of ether oxygens (including phenoxy) is 1. The van der Waals surface area contributed by atoms with Crippen molar-refractivity contribution in [3.05, 3.63) is 12.2 Å². The van der Waals surface area contributed by atoms with E-state index in [9.17, 15) is 14.4 Å². The van der Waals surface area contributed by atoms with E-state index in [0.717, 1.165) is 32.1 Å². The molecule has 1 N–H and O–H groups in total. The quantitative estimate of drug-likeness (QED) is 0.112. The summed E-state index contributed by atoms with van der Waals surface area (Å²) in [6, 6.07) is -0.317. The van der Waals surface area contributed by atoms with Gasteiger partial charge in [0.2, 0.25) is 5.78 Å². The predicted octanol–water partition coefficient (Wildman–Crippen LogP) is 6.05. The maximum absolute atomic E-state index is 12.2. The minimum absolute atomic E-state index is 0.296. The van der Waals surface area contributed by atoms with Crippen molar-refractivity contribution in [2.24, 2.45) is 0 Å². The molecule has 0 spiro atoms. The third-order valence-corrected chi connectivity index (χ3v) is 5.36. The van der Waals surface area contributed by atoms with Crippen molar-refractivity contribution in [1.29, 1.82) is 0 Å². The summed E-state index contributed by atoms with van der Waals surface area (Å²) in [6.45, 7) is 4.30. The number of carbonyl (C=O) groups excluding carboxylic acids is 3. The van der Waals surface area contributed by atoms with E-state index >= 15 is 0 Å². The second-order valence-corrected chi connectivity index (χ2v) is 8.17. The lowest BCUT2D eigenvalue weighted by atomic mass is 10.0. The van der Waals surface area contributed by atoms with Gasteiger partial charge in [-0.15, -0.1) is 0 Å². The Morgan fingerprint density at radius 2 is 1.27 bits per heavy atom. The van der Waals surface area contributed by atoms with Gasteiger partial charge in [-0.2, -0.15) is 0 Å². The molecule has 0 aliphatic heterocycles. The van der Waals surface area contributed by atoms with E-state index in [0.29, 0.717) is 12.8 Å². The molecule has 0 saturated carbocycles. The molecule has 0 aromatic heterocycles. The second kappa shape index (κ2) is 20.6. The molecule has 5 nitrogen and oxygen atoms in total. The van der Waals surface area contributed by atoms with Crippen LogP contribution in [0, 0.1) is 0 Å². The zero-order valence-electron chi connectivity index (χ0n) is 19.7. The number of rotatable bonds is 20. The lowest BCUT2D eigenvalue weighted by molar-refractivity contribution is -0.138. The molecule has 1 amide bonds. The fourth-order valence-corrected chi connectivity index (χ4v) is 3.39. The molecular formula is C25H45NO4. The Bertz CT molecular complexity index is 488. The van der Waals surface area contributed by atoms with Crippen LogP contribution in [0.5, 0.6) is 0 Å². The number of unbranched alkanes of at least 4 members (excludes halogenated alkanes) is 12. The first-order chi connectivity index (χ1) is 14.5. The molecule has 0 bridgehead atoms. The smallest absolute Gasteiger partial charge is 0.330 e. The standard InChI is InChI=1S/C25H45NO4/c1-4-6-8-9-10-11-12-13-14-15-16-17-19-23(27)25(29)26-22(18-7-5-2)20-21-24(28)30-3/h20-22H,4-19H2,1-3H3,(H,26,29)/b21-20+/t22-/m1/s1. The molecule has 0 heterocycles. The summed E-state index contributed by atoms with van der Waals surface area (Å²) in [5.74, 6) is -1.38. The highest BCUT2D eigenvalue weighted by Crippen LogP contribution is 2.12. The van der Waals surface area contributed by atoms with Crippen LogP contribution in [-0.4, -0.2) is 30.8 Å². The maximum atomic E-state index is 12.2. The van der Waals surface area contributed by atoms with Gasteiger partial charge in [-0.3, -0.25) is 9.59 Å². The van der Waals surface area contributed by atoms with Crippen LogP contribution in [0.15, 0.2) is 12.2 Å². The summed E-state index contributed by atoms with van der Waals surface area (Å²) in [5, 5.41) is 2.74. The minimum Gasteiger partial charge on any atom is -0.466 e. The van der Waals surface area contributed by atoms with Crippen molar-refractivity contribution in [2.75, 3.05) is 7.11 Å². The molecule has 0 radical (unpaired) electrons. The predicted molar refractivity (Wildman–Crippen MR) is 123 cm³/mol. The van der Waals surface area contributed by atoms with Gasteiger partial charge in [0.1, 0.15) is 0 Å². The van der Waals surface area contributed by atoms with Gasteiger partial charge in [0.05, 0.1) is 7.11 Å². The topological polar surface area (TPSA) is 72.5 Å². The van der Waals surface area contributed by atoms with Gasteiger partial charge in [-0.1, -0.05) is 103 Å². The van der Waals surface area contributed by atoms with Gasteiger partial charge >= 0.3 is 5.97 Å². The Labute approximate surface area is 184 Å². The SMILES string of the molecule is CCCCCCCCCCCCCCC(=O)C(=O)N[C@@H](/C=C/C(=O)OC)CCCC. The lowest BCUT2D eigenvalue weighted by Gasteiger charge is -2.14. The number of ketones is 1. The Hall–Kier alpha value is -1.65. The number of Topliss-reactive ketones (excluding diaryl/α,β-unsaturated/α-hetero) is 1. The first kappa shape index (κ1) is 28.4. The Morgan fingerprint density at radius 1 is 0.767 bits per heavy atom. The van der Waals surface area contributed by atoms with Crippen molar-refractivity contribution in [3.63, 3.8) is 0 Å². The molecule has 0 aromatic rings. The van der Waals surface area contributed by atoms with Crippen LogP contribution < -0.4 is 5.32 Å². The van der Waals surface area contributed by atoms with E-state index < -0.39 is 11.9 Å². The third-order valence-electron chi connectivity index (χ3n) is 5.36. The van der Waals surface area contributed by atoms with Crippen LogP contribution in [0.3, 0.4) is 0 Å². The summed E-state index contributed by atoms with van der Waals surface area (Å²) in [5.41, 5.74) is 0. The van der Waals surface area contributed by atoms with Crippen LogP contribution >= 0.6 is 0 Å². The van der Waals surface area contributed by atoms with Gasteiger partial charge in [-0.25, -0.2) is 4.79 Å². The monoisotopic (exact) mass is 423 g/mol. The van der Waals surface area contributed by atoms with E-state index in [1.807, 2.05) is 0 Å². The molecule has 30 heavy (non-hydrogen) atoms. The summed E-state index contributed by atoms with van der Waals surface area (Å²) in [4.78, 5) is 35.5. The Morgan fingerprint density at radius 3 is 1.77 bits per heavy atom. The zero-order chi connectivity index (χ0) is 22.5. The van der Waals surface area contributed by atoms with Gasteiger partial charge in [0.15, 0.2) is 0 Å². The number of esters is 1. The summed E-state index contributed by atoms with van der Waals surface area (Å²) < 4.78 is 4.58. The summed E-state index contributed by atoms with van der Waals surface area (Å²) >= 11 is 0. The molecule has 0 aromatic carbocycles. The second-order valence-electron chi connectivity index (χ2n) is 8.17. The number of hydrogen-bond donors (Lipinski definition) is 1. The molecule has 0 aliphatic carbocycles. The first-order valence-corrected chi connectivity index (χ1v) is 12.1. The highest BCUT2D eigenvalue weighted by atomic mass is 16.5. The first-order valence-electron chi connectivity index (χ1n) is 12.1. The molecule has 0 saturated heterocycles. The largest absolute Gasteiger partial charge is 0.466 e. The van der Waals surface area contributed by atoms with Gasteiger partial charge in [0, 0.05) is 18.5 Å². The average molecular weight is 424 g/mol. The van der Waals surface area contributed by atoms with Crippen molar-refractivity contribution in [3.8, 4) is 0 Å². The summed E-state index contributed by atoms with van der Waals surface area (Å²) in [6.07, 6.45) is 20.6. The number of hydrogen-bond acceptors (Lipinski definition) is 4. The minimum atomic E-state index is -0.548. The van der Waals surface area contributed by atoms with Crippen LogP contribution in [0.1, 0.15) is 117 Å². The highest BCUT2D eigenvalue weighted by Gasteiger charge is 2.16. The Balaban J connectivity index is 3.88. The lowest BCUT2D eigenvalue weighted by Crippen LogP contribution is -2.38. The maximum Gasteiger partial charge on any atom is 0.330 e. The van der Waals surface area contributed by atoms with Crippen molar-refractivity contribution >= 4 is 17.7 Å². The molecule has 174 valence electrons.